The molecule has 0 bridgehead atoms. The Morgan fingerprint density at radius 1 is 1.04 bits per heavy atom. The van der Waals surface area contributed by atoms with Crippen molar-refractivity contribution in [2.45, 2.75) is 99.6 Å². The summed E-state index contributed by atoms with van der Waals surface area (Å²) < 4.78 is 0. The van der Waals surface area contributed by atoms with Crippen molar-refractivity contribution in [2.24, 2.45) is 23.2 Å². The van der Waals surface area contributed by atoms with E-state index in [1.807, 2.05) is 13.8 Å². The summed E-state index contributed by atoms with van der Waals surface area (Å²) in [6, 6.07) is -0.906. The predicted molar refractivity (Wildman–Crippen MR) is 114 cm³/mol. The summed E-state index contributed by atoms with van der Waals surface area (Å²) in [5.74, 6) is 0.690. The van der Waals surface area contributed by atoms with E-state index in [2.05, 4.69) is 46.9 Å². The third kappa shape index (κ3) is 6.89. The molecule has 1 fully saturated rings. The van der Waals surface area contributed by atoms with Gasteiger partial charge in [-0.3, -0.25) is 14.4 Å². The van der Waals surface area contributed by atoms with Gasteiger partial charge in [0.15, 0.2) is 5.78 Å². The van der Waals surface area contributed by atoms with Crippen LogP contribution in [0.3, 0.4) is 0 Å². The monoisotopic (exact) mass is 394 g/mol. The third-order valence-electron chi connectivity index (χ3n) is 6.31. The molecule has 5 nitrogen and oxygen atoms in total. The van der Waals surface area contributed by atoms with Crippen LogP contribution >= 0.6 is 0 Å². The van der Waals surface area contributed by atoms with Crippen LogP contribution in [0.4, 0.5) is 0 Å². The fraction of sp³-hybridized carbons (Fsp3) is 0.870. The summed E-state index contributed by atoms with van der Waals surface area (Å²) in [5.41, 5.74) is -0.103. The smallest absolute Gasteiger partial charge is 0.243 e. The minimum absolute atomic E-state index is 0.0465. The number of amides is 2. The average Bonchev–Trinajstić information content (AvgIpc) is 3.06. The van der Waals surface area contributed by atoms with Crippen LogP contribution in [0.25, 0.3) is 0 Å². The molecule has 1 aliphatic rings. The molecule has 2 atom stereocenters. The van der Waals surface area contributed by atoms with Gasteiger partial charge in [-0.25, -0.2) is 0 Å². The van der Waals surface area contributed by atoms with Crippen LogP contribution in [0.2, 0.25) is 0 Å². The number of rotatable bonds is 10. The van der Waals surface area contributed by atoms with Crippen molar-refractivity contribution in [3.8, 4) is 0 Å². The van der Waals surface area contributed by atoms with Crippen LogP contribution in [-0.4, -0.2) is 41.1 Å². The van der Waals surface area contributed by atoms with Crippen molar-refractivity contribution in [3.05, 3.63) is 0 Å². The van der Waals surface area contributed by atoms with Crippen LogP contribution in [-0.2, 0) is 14.4 Å². The van der Waals surface area contributed by atoms with Gasteiger partial charge in [-0.05, 0) is 42.9 Å². The van der Waals surface area contributed by atoms with Crippen molar-refractivity contribution < 1.29 is 14.4 Å². The van der Waals surface area contributed by atoms with Crippen molar-refractivity contribution >= 4 is 17.6 Å². The van der Waals surface area contributed by atoms with E-state index in [0.29, 0.717) is 37.6 Å². The predicted octanol–water partition coefficient (Wildman–Crippen LogP) is 4.20. The van der Waals surface area contributed by atoms with Gasteiger partial charge in [-0.2, -0.15) is 0 Å². The lowest BCUT2D eigenvalue weighted by molar-refractivity contribution is -0.141. The first-order valence-electron chi connectivity index (χ1n) is 11.0. The number of likely N-dealkylation sites (tertiary alicyclic amines) is 1. The molecule has 1 saturated heterocycles. The second kappa shape index (κ2) is 10.4. The highest BCUT2D eigenvalue weighted by Crippen LogP contribution is 2.32. The summed E-state index contributed by atoms with van der Waals surface area (Å²) in [5, 5.41) is 2.98. The van der Waals surface area contributed by atoms with Crippen molar-refractivity contribution in [2.75, 3.05) is 6.54 Å². The molecule has 2 unspecified atom stereocenters. The van der Waals surface area contributed by atoms with Crippen molar-refractivity contribution in [1.29, 1.82) is 0 Å². The van der Waals surface area contributed by atoms with Gasteiger partial charge in [0.25, 0.3) is 0 Å². The van der Waals surface area contributed by atoms with Gasteiger partial charge >= 0.3 is 0 Å². The minimum Gasteiger partial charge on any atom is -0.344 e. The molecule has 1 heterocycles. The number of hydrogen-bond donors (Lipinski definition) is 1. The lowest BCUT2D eigenvalue weighted by atomic mass is 9.78. The normalized spacial score (nSPS) is 18.8. The quantitative estimate of drug-likeness (QED) is 0.604. The number of nitrogens with one attached hydrogen (secondary N) is 1. The minimum atomic E-state index is -0.459. The molecule has 0 radical (unpaired) electrons. The fourth-order valence-electron chi connectivity index (χ4n) is 3.49. The Kier molecular flexibility index (Phi) is 9.16. The van der Waals surface area contributed by atoms with Gasteiger partial charge in [-0.15, -0.1) is 0 Å². The standard InChI is InChI=1S/C23H42N2O3/c1-15(2)11-12-18(21(27)16(3)4)24-22(28)19-10-9-13-25(19)20(26)14-23(7,8)17(5)6/h15-19H,9-14H2,1-8H3,(H,24,28). The highest BCUT2D eigenvalue weighted by atomic mass is 16.2. The zero-order chi connectivity index (χ0) is 21.6. The number of nitrogens with zero attached hydrogens (tertiary/aromatic N) is 1. The number of hydrogen-bond acceptors (Lipinski definition) is 3. The lowest BCUT2D eigenvalue weighted by Crippen LogP contribution is -2.52. The van der Waals surface area contributed by atoms with Gasteiger partial charge < -0.3 is 10.2 Å². The molecule has 162 valence electrons. The zero-order valence-electron chi connectivity index (χ0n) is 19.3. The molecule has 0 saturated carbocycles. The maximum atomic E-state index is 13.0. The second-order valence-electron chi connectivity index (χ2n) is 10.2. The topological polar surface area (TPSA) is 66.5 Å². The molecular weight excluding hydrogens is 352 g/mol. The Morgan fingerprint density at radius 3 is 2.14 bits per heavy atom. The van der Waals surface area contributed by atoms with E-state index in [1.54, 1.807) is 4.90 Å². The molecule has 1 rings (SSSR count). The van der Waals surface area contributed by atoms with Gasteiger partial charge in [0.2, 0.25) is 11.8 Å². The molecule has 2 amide bonds. The molecule has 5 heteroatoms. The van der Waals surface area contributed by atoms with E-state index < -0.39 is 12.1 Å². The Balaban J connectivity index is 2.83. The summed E-state index contributed by atoms with van der Waals surface area (Å²) in [4.78, 5) is 40.2. The van der Waals surface area contributed by atoms with E-state index in [4.69, 9.17) is 0 Å². The third-order valence-corrected chi connectivity index (χ3v) is 6.31. The number of ketones is 1. The van der Waals surface area contributed by atoms with Gasteiger partial charge in [-0.1, -0.05) is 55.4 Å². The molecule has 1 N–H and O–H groups in total. The van der Waals surface area contributed by atoms with Crippen LogP contribution in [0.5, 0.6) is 0 Å². The Hall–Kier alpha value is -1.39. The molecule has 28 heavy (non-hydrogen) atoms. The summed E-state index contributed by atoms with van der Waals surface area (Å²) >= 11 is 0. The van der Waals surface area contributed by atoms with Gasteiger partial charge in [0, 0.05) is 18.9 Å². The van der Waals surface area contributed by atoms with Crippen molar-refractivity contribution in [3.63, 3.8) is 0 Å². The summed E-state index contributed by atoms with van der Waals surface area (Å²) in [6.07, 6.45) is 3.49. The van der Waals surface area contributed by atoms with E-state index in [1.165, 1.54) is 0 Å². The second-order valence-corrected chi connectivity index (χ2v) is 10.2. The highest BCUT2D eigenvalue weighted by Gasteiger charge is 2.38. The van der Waals surface area contributed by atoms with Crippen LogP contribution in [0.1, 0.15) is 87.5 Å². The lowest BCUT2D eigenvalue weighted by Gasteiger charge is -2.33. The number of carbonyl (C=O) groups is 3. The molecule has 1 aliphatic heterocycles. The first-order chi connectivity index (χ1) is 12.9. The average molecular weight is 395 g/mol. The molecule has 0 spiro atoms. The molecule has 0 aromatic rings. The molecular formula is C23H42N2O3. The number of Topliss-reactive ketones (excluding diaryl/α,β-unsaturated/α-hetero) is 1. The fourth-order valence-corrected chi connectivity index (χ4v) is 3.49. The molecule has 0 aromatic carbocycles. The SMILES string of the molecule is CC(C)CCC(NC(=O)C1CCCN1C(=O)CC(C)(C)C(C)C)C(=O)C(C)C. The molecule has 0 aliphatic carbocycles. The Morgan fingerprint density at radius 2 is 1.64 bits per heavy atom. The Bertz CT molecular complexity index is 552. The van der Waals surface area contributed by atoms with Crippen LogP contribution < -0.4 is 5.32 Å². The Labute approximate surface area is 172 Å². The van der Waals surface area contributed by atoms with Crippen LogP contribution in [0, 0.1) is 23.2 Å². The van der Waals surface area contributed by atoms with E-state index >= 15 is 0 Å². The largest absolute Gasteiger partial charge is 0.344 e. The van der Waals surface area contributed by atoms with Gasteiger partial charge in [0.05, 0.1) is 6.04 Å². The van der Waals surface area contributed by atoms with Gasteiger partial charge in [0.1, 0.15) is 6.04 Å². The van der Waals surface area contributed by atoms with Crippen LogP contribution in [0.15, 0.2) is 0 Å². The van der Waals surface area contributed by atoms with E-state index in [9.17, 15) is 14.4 Å². The maximum absolute atomic E-state index is 13.0. The maximum Gasteiger partial charge on any atom is 0.243 e. The first kappa shape index (κ1) is 24.6. The first-order valence-corrected chi connectivity index (χ1v) is 11.0. The summed E-state index contributed by atoms with van der Waals surface area (Å²) in [7, 11) is 0. The van der Waals surface area contributed by atoms with Crippen molar-refractivity contribution in [1.82, 2.24) is 10.2 Å². The highest BCUT2D eigenvalue weighted by molar-refractivity contribution is 5.93. The van der Waals surface area contributed by atoms with E-state index in [-0.39, 0.29) is 28.9 Å². The summed E-state index contributed by atoms with van der Waals surface area (Å²) in [6.45, 7) is 17.1. The zero-order valence-corrected chi connectivity index (χ0v) is 19.3. The molecule has 0 aromatic heterocycles. The number of carbonyl (C=O) groups excluding carboxylic acids is 3. The van der Waals surface area contributed by atoms with E-state index in [0.717, 1.165) is 12.8 Å².